The van der Waals surface area contributed by atoms with Crippen LogP contribution in [0.25, 0.3) is 11.1 Å². The molecule has 0 spiro atoms. The van der Waals surface area contributed by atoms with Gasteiger partial charge >= 0.3 is 6.18 Å². The lowest BCUT2D eigenvalue weighted by atomic mass is 10.0. The van der Waals surface area contributed by atoms with Crippen LogP contribution in [0.4, 0.5) is 13.2 Å². The normalized spacial score (nSPS) is 12.4. The van der Waals surface area contributed by atoms with Gasteiger partial charge in [-0.1, -0.05) is 29.2 Å². The number of nitrogens with one attached hydrogen (secondary N) is 1. The highest BCUT2D eigenvalue weighted by atomic mass is 32.2. The Kier molecular flexibility index (Phi) is 4.04. The molecule has 4 nitrogen and oxygen atoms in total. The molecule has 0 aliphatic heterocycles. The Morgan fingerprint density at radius 3 is 1.67 bits per heavy atom. The van der Waals surface area contributed by atoms with Crippen molar-refractivity contribution in [3.05, 3.63) is 54.1 Å². The minimum absolute atomic E-state index is 0.152. The van der Waals surface area contributed by atoms with E-state index >= 15 is 0 Å². The molecule has 2 N–H and O–H groups in total. The summed E-state index contributed by atoms with van der Waals surface area (Å²) in [6.07, 6.45) is -4.40. The lowest BCUT2D eigenvalue weighted by Crippen LogP contribution is -2.19. The summed E-state index contributed by atoms with van der Waals surface area (Å²) in [6, 6.07) is 9.87. The van der Waals surface area contributed by atoms with Gasteiger partial charge in [0.15, 0.2) is 0 Å². The average Bonchev–Trinajstić information content (AvgIpc) is 2.47. The highest BCUT2D eigenvalue weighted by molar-refractivity contribution is 7.89. The van der Waals surface area contributed by atoms with E-state index in [0.29, 0.717) is 11.1 Å². The van der Waals surface area contributed by atoms with Gasteiger partial charge < -0.3 is 5.21 Å². The monoisotopic (exact) mass is 317 g/mol. The van der Waals surface area contributed by atoms with Crippen LogP contribution >= 0.6 is 0 Å². The van der Waals surface area contributed by atoms with Crippen LogP contribution in [0.5, 0.6) is 0 Å². The van der Waals surface area contributed by atoms with E-state index in [4.69, 9.17) is 5.21 Å². The summed E-state index contributed by atoms with van der Waals surface area (Å²) >= 11 is 0. The van der Waals surface area contributed by atoms with Crippen LogP contribution < -0.4 is 4.89 Å². The second-order valence-corrected chi connectivity index (χ2v) is 5.86. The molecule has 0 amide bonds. The Morgan fingerprint density at radius 1 is 0.857 bits per heavy atom. The van der Waals surface area contributed by atoms with Crippen LogP contribution in [0.1, 0.15) is 5.56 Å². The number of hydrogen-bond donors (Lipinski definition) is 2. The quantitative estimate of drug-likeness (QED) is 0.855. The van der Waals surface area contributed by atoms with E-state index in [2.05, 4.69) is 0 Å². The molecule has 0 bridgehead atoms. The third-order valence-electron chi connectivity index (χ3n) is 2.83. The summed E-state index contributed by atoms with van der Waals surface area (Å²) in [6.45, 7) is 0. The topological polar surface area (TPSA) is 66.4 Å². The van der Waals surface area contributed by atoms with Crippen molar-refractivity contribution in [2.24, 2.45) is 0 Å². The third kappa shape index (κ3) is 3.41. The predicted octanol–water partition coefficient (Wildman–Crippen LogP) is 3.04. The molecule has 0 radical (unpaired) electrons. The van der Waals surface area contributed by atoms with Gasteiger partial charge in [-0.3, -0.25) is 0 Å². The smallest absolute Gasteiger partial charge is 0.302 e. The minimum atomic E-state index is -4.40. The lowest BCUT2D eigenvalue weighted by molar-refractivity contribution is -0.137. The van der Waals surface area contributed by atoms with Crippen molar-refractivity contribution in [2.45, 2.75) is 11.1 Å². The van der Waals surface area contributed by atoms with Crippen LogP contribution in [0.15, 0.2) is 53.4 Å². The number of benzene rings is 2. The number of halogens is 3. The second kappa shape index (κ2) is 5.47. The molecule has 0 fully saturated rings. The fraction of sp³-hybridized carbons (Fsp3) is 0.0769. The number of rotatable bonds is 3. The van der Waals surface area contributed by atoms with E-state index in [1.54, 1.807) is 0 Å². The number of sulfonamides is 1. The molecular formula is C13H10F3NO3S. The maximum absolute atomic E-state index is 12.4. The van der Waals surface area contributed by atoms with Gasteiger partial charge in [0.1, 0.15) is 0 Å². The maximum Gasteiger partial charge on any atom is 0.416 e. The molecule has 2 aromatic carbocycles. The highest BCUT2D eigenvalue weighted by Crippen LogP contribution is 2.31. The van der Waals surface area contributed by atoms with Crippen molar-refractivity contribution in [2.75, 3.05) is 0 Å². The Bertz CT molecular complexity index is 723. The first-order chi connectivity index (χ1) is 9.74. The first-order valence-electron chi connectivity index (χ1n) is 5.67. The van der Waals surface area contributed by atoms with Crippen molar-refractivity contribution in [3.8, 4) is 11.1 Å². The molecule has 0 aliphatic rings. The maximum atomic E-state index is 12.4. The number of alkyl halides is 3. The lowest BCUT2D eigenvalue weighted by Gasteiger charge is -2.08. The van der Waals surface area contributed by atoms with Gasteiger partial charge in [-0.2, -0.15) is 13.2 Å². The van der Waals surface area contributed by atoms with Crippen molar-refractivity contribution < 1.29 is 26.8 Å². The molecule has 0 saturated heterocycles. The fourth-order valence-electron chi connectivity index (χ4n) is 1.73. The zero-order chi connectivity index (χ0) is 15.7. The summed E-state index contributed by atoms with van der Waals surface area (Å²) in [7, 11) is -3.97. The first-order valence-corrected chi connectivity index (χ1v) is 7.16. The molecule has 21 heavy (non-hydrogen) atoms. The van der Waals surface area contributed by atoms with Crippen LogP contribution in [-0.2, 0) is 16.2 Å². The van der Waals surface area contributed by atoms with Crippen LogP contribution in [-0.4, -0.2) is 13.6 Å². The van der Waals surface area contributed by atoms with Gasteiger partial charge in [0, 0.05) is 0 Å². The molecule has 0 saturated carbocycles. The van der Waals surface area contributed by atoms with Crippen LogP contribution in [0.3, 0.4) is 0 Å². The van der Waals surface area contributed by atoms with Gasteiger partial charge in [0.05, 0.1) is 10.5 Å². The van der Waals surface area contributed by atoms with E-state index in [0.717, 1.165) is 12.1 Å². The van der Waals surface area contributed by atoms with E-state index in [9.17, 15) is 21.6 Å². The minimum Gasteiger partial charge on any atom is -0.302 e. The fourth-order valence-corrected chi connectivity index (χ4v) is 2.33. The summed E-state index contributed by atoms with van der Waals surface area (Å²) in [4.78, 5) is 1.04. The molecule has 0 heterocycles. The van der Waals surface area contributed by atoms with Crippen molar-refractivity contribution >= 4 is 10.0 Å². The Balaban J connectivity index is 2.31. The molecule has 0 unspecified atom stereocenters. The summed E-state index contributed by atoms with van der Waals surface area (Å²) in [5.41, 5.74) is 0.319. The van der Waals surface area contributed by atoms with E-state index in [1.807, 2.05) is 0 Å². The average molecular weight is 317 g/mol. The molecular weight excluding hydrogens is 307 g/mol. The van der Waals surface area contributed by atoms with Crippen molar-refractivity contribution in [1.29, 1.82) is 0 Å². The van der Waals surface area contributed by atoms with E-state index < -0.39 is 21.8 Å². The molecule has 0 aliphatic carbocycles. The van der Waals surface area contributed by atoms with Gasteiger partial charge in [-0.05, 0) is 35.4 Å². The zero-order valence-electron chi connectivity index (χ0n) is 10.4. The Hall–Kier alpha value is -1.90. The Labute approximate surface area is 118 Å². The van der Waals surface area contributed by atoms with E-state index in [1.165, 1.54) is 41.3 Å². The third-order valence-corrected chi connectivity index (χ3v) is 3.96. The molecule has 2 rings (SSSR count). The van der Waals surface area contributed by atoms with Gasteiger partial charge in [-0.15, -0.1) is 0 Å². The largest absolute Gasteiger partial charge is 0.416 e. The van der Waals surface area contributed by atoms with Crippen LogP contribution in [0, 0.1) is 0 Å². The standard InChI is InChI=1S/C13H10F3NO3S/c14-13(15,16)11-5-1-9(2-6-11)10-3-7-12(8-4-10)21(19,20)17-18/h1-8,17-18H. The van der Waals surface area contributed by atoms with Crippen molar-refractivity contribution in [3.63, 3.8) is 0 Å². The Morgan fingerprint density at radius 2 is 1.29 bits per heavy atom. The molecule has 8 heteroatoms. The number of hydrogen-bond acceptors (Lipinski definition) is 3. The zero-order valence-corrected chi connectivity index (χ0v) is 11.2. The summed E-state index contributed by atoms with van der Waals surface area (Å²) < 4.78 is 60.0. The SMILES string of the molecule is O=S(=O)(NO)c1ccc(-c2ccc(C(F)(F)F)cc2)cc1. The molecule has 0 aromatic heterocycles. The van der Waals surface area contributed by atoms with Crippen molar-refractivity contribution in [1.82, 2.24) is 4.89 Å². The van der Waals surface area contributed by atoms with Gasteiger partial charge in [-0.25, -0.2) is 8.42 Å². The first kappa shape index (κ1) is 15.5. The van der Waals surface area contributed by atoms with Gasteiger partial charge in [0.2, 0.25) is 0 Å². The highest BCUT2D eigenvalue weighted by Gasteiger charge is 2.29. The molecule has 112 valence electrons. The van der Waals surface area contributed by atoms with E-state index in [-0.39, 0.29) is 4.90 Å². The molecule has 0 atom stereocenters. The summed E-state index contributed by atoms with van der Waals surface area (Å²) in [5.74, 6) is 0. The predicted molar refractivity (Wildman–Crippen MR) is 69.0 cm³/mol. The second-order valence-electron chi connectivity index (χ2n) is 4.19. The van der Waals surface area contributed by atoms with Gasteiger partial charge in [0.25, 0.3) is 10.0 Å². The molecule has 2 aromatic rings. The van der Waals surface area contributed by atoms with Crippen LogP contribution in [0.2, 0.25) is 0 Å². The summed E-state index contributed by atoms with van der Waals surface area (Å²) in [5, 5.41) is 8.50.